The normalized spacial score (nSPS) is 17.2. The summed E-state index contributed by atoms with van der Waals surface area (Å²) in [6, 6.07) is 10.6. The first-order valence-corrected chi connectivity index (χ1v) is 10.7. The highest BCUT2D eigenvalue weighted by atomic mass is 19.4. The van der Waals surface area contributed by atoms with Crippen LogP contribution in [0.4, 0.5) is 17.6 Å². The van der Waals surface area contributed by atoms with Gasteiger partial charge in [-0.2, -0.15) is 23.1 Å². The molecule has 0 spiro atoms. The molecule has 0 N–H and O–H groups in total. The first-order chi connectivity index (χ1) is 16.3. The van der Waals surface area contributed by atoms with Gasteiger partial charge in [-0.15, -0.1) is 0 Å². The van der Waals surface area contributed by atoms with Crippen molar-refractivity contribution in [3.05, 3.63) is 71.7 Å². The lowest BCUT2D eigenvalue weighted by Crippen LogP contribution is -2.34. The van der Waals surface area contributed by atoms with Crippen LogP contribution in [0.2, 0.25) is 0 Å². The smallest absolute Gasteiger partial charge is 0.339 e. The van der Waals surface area contributed by atoms with Gasteiger partial charge in [-0.1, -0.05) is 34.6 Å². The molecule has 0 saturated carbocycles. The predicted octanol–water partition coefficient (Wildman–Crippen LogP) is 5.32. The minimum atomic E-state index is -4.40. The number of likely N-dealkylation sites (tertiary alicyclic amines) is 1. The van der Waals surface area contributed by atoms with E-state index in [1.807, 2.05) is 0 Å². The highest BCUT2D eigenvalue weighted by Gasteiger charge is 2.30. The van der Waals surface area contributed by atoms with E-state index in [4.69, 9.17) is 9.05 Å². The summed E-state index contributed by atoms with van der Waals surface area (Å²) in [6.07, 6.45) is -2.65. The van der Waals surface area contributed by atoms with Crippen LogP contribution in [0.1, 0.15) is 36.1 Å². The van der Waals surface area contributed by atoms with Crippen molar-refractivity contribution in [3.63, 3.8) is 0 Å². The molecule has 1 fully saturated rings. The quantitative estimate of drug-likeness (QED) is 0.363. The van der Waals surface area contributed by atoms with Gasteiger partial charge in [-0.05, 0) is 43.7 Å². The van der Waals surface area contributed by atoms with Crippen molar-refractivity contribution < 1.29 is 26.6 Å². The maximum Gasteiger partial charge on any atom is 0.416 e. The molecule has 0 bridgehead atoms. The molecule has 7 nitrogen and oxygen atoms in total. The Morgan fingerprint density at radius 1 is 0.941 bits per heavy atom. The molecular formula is C23H19F4N5O2. The lowest BCUT2D eigenvalue weighted by Gasteiger charge is -2.29. The van der Waals surface area contributed by atoms with Gasteiger partial charge in [0.2, 0.25) is 23.4 Å². The van der Waals surface area contributed by atoms with Gasteiger partial charge >= 0.3 is 6.18 Å². The number of piperidine rings is 1. The van der Waals surface area contributed by atoms with E-state index >= 15 is 0 Å². The molecule has 5 rings (SSSR count). The van der Waals surface area contributed by atoms with Crippen LogP contribution in [0.5, 0.6) is 0 Å². The second kappa shape index (κ2) is 8.98. The molecule has 4 aromatic rings. The van der Waals surface area contributed by atoms with Crippen molar-refractivity contribution in [1.82, 2.24) is 25.2 Å². The number of halogens is 4. The number of aromatic nitrogens is 4. The molecule has 1 saturated heterocycles. The zero-order valence-electron chi connectivity index (χ0n) is 17.8. The minimum Gasteiger partial charge on any atom is -0.339 e. The predicted molar refractivity (Wildman–Crippen MR) is 112 cm³/mol. The number of hydrogen-bond donors (Lipinski definition) is 0. The summed E-state index contributed by atoms with van der Waals surface area (Å²) in [7, 11) is 0. The maximum atomic E-state index is 13.5. The fourth-order valence-corrected chi connectivity index (χ4v) is 3.98. The van der Waals surface area contributed by atoms with E-state index in [0.717, 1.165) is 31.5 Å². The zero-order chi connectivity index (χ0) is 23.7. The van der Waals surface area contributed by atoms with Crippen molar-refractivity contribution in [1.29, 1.82) is 0 Å². The minimum absolute atomic E-state index is 0.000800. The molecule has 11 heteroatoms. The van der Waals surface area contributed by atoms with Crippen LogP contribution >= 0.6 is 0 Å². The van der Waals surface area contributed by atoms with E-state index in [1.54, 1.807) is 12.1 Å². The van der Waals surface area contributed by atoms with Crippen LogP contribution in [-0.2, 0) is 12.7 Å². The van der Waals surface area contributed by atoms with Crippen LogP contribution in [-0.4, -0.2) is 38.3 Å². The average Bonchev–Trinajstić information content (AvgIpc) is 3.49. The largest absolute Gasteiger partial charge is 0.416 e. The summed E-state index contributed by atoms with van der Waals surface area (Å²) in [4.78, 5) is 10.9. The number of benzene rings is 2. The van der Waals surface area contributed by atoms with E-state index in [-0.39, 0.29) is 17.6 Å². The molecule has 0 amide bonds. The third-order valence-corrected chi connectivity index (χ3v) is 5.68. The Morgan fingerprint density at radius 3 is 2.47 bits per heavy atom. The van der Waals surface area contributed by atoms with E-state index < -0.39 is 11.7 Å². The Balaban J connectivity index is 1.24. The Labute approximate surface area is 191 Å². The zero-order valence-corrected chi connectivity index (χ0v) is 17.8. The SMILES string of the molecule is Fc1cccc(-c2noc(C3CCCN(Cc4nc(-c5ccc(C(F)(F)F)cc5)no4)C3)n2)c1. The summed E-state index contributed by atoms with van der Waals surface area (Å²) in [6.45, 7) is 1.82. The summed E-state index contributed by atoms with van der Waals surface area (Å²) < 4.78 is 62.5. The van der Waals surface area contributed by atoms with E-state index in [2.05, 4.69) is 25.2 Å². The lowest BCUT2D eigenvalue weighted by atomic mass is 9.98. The second-order valence-corrected chi connectivity index (χ2v) is 8.13. The van der Waals surface area contributed by atoms with Gasteiger partial charge in [-0.3, -0.25) is 4.90 Å². The number of alkyl halides is 3. The van der Waals surface area contributed by atoms with Gasteiger partial charge in [0.15, 0.2) is 0 Å². The van der Waals surface area contributed by atoms with E-state index in [1.165, 1.54) is 24.3 Å². The van der Waals surface area contributed by atoms with Crippen LogP contribution < -0.4 is 0 Å². The maximum absolute atomic E-state index is 13.5. The van der Waals surface area contributed by atoms with Crippen LogP contribution in [0.25, 0.3) is 22.8 Å². The van der Waals surface area contributed by atoms with Crippen LogP contribution in [0.3, 0.4) is 0 Å². The highest BCUT2D eigenvalue weighted by molar-refractivity contribution is 5.55. The van der Waals surface area contributed by atoms with E-state index in [0.29, 0.717) is 41.8 Å². The summed E-state index contributed by atoms with van der Waals surface area (Å²) >= 11 is 0. The van der Waals surface area contributed by atoms with Gasteiger partial charge < -0.3 is 9.05 Å². The topological polar surface area (TPSA) is 81.1 Å². The van der Waals surface area contributed by atoms with Gasteiger partial charge in [0.25, 0.3) is 0 Å². The molecule has 1 aliphatic heterocycles. The van der Waals surface area contributed by atoms with Gasteiger partial charge in [0, 0.05) is 17.7 Å². The standard InChI is InChI=1S/C23H19F4N5O2/c24-18-5-1-3-15(11-18)21-29-22(34-31-21)16-4-2-10-32(12-16)13-19-28-20(30-33-19)14-6-8-17(9-7-14)23(25,26)27/h1,3,5-9,11,16H,2,4,10,12-13H2. The summed E-state index contributed by atoms with van der Waals surface area (Å²) in [5, 5.41) is 7.89. The fourth-order valence-electron chi connectivity index (χ4n) is 3.98. The van der Waals surface area contributed by atoms with Crippen molar-refractivity contribution in [2.45, 2.75) is 31.5 Å². The first-order valence-electron chi connectivity index (χ1n) is 10.7. The monoisotopic (exact) mass is 473 g/mol. The Bertz CT molecular complexity index is 1270. The van der Waals surface area contributed by atoms with Gasteiger partial charge in [0.1, 0.15) is 5.82 Å². The third-order valence-electron chi connectivity index (χ3n) is 5.68. The third kappa shape index (κ3) is 4.84. The first kappa shape index (κ1) is 22.2. The highest BCUT2D eigenvalue weighted by Crippen LogP contribution is 2.31. The van der Waals surface area contributed by atoms with Crippen molar-refractivity contribution in [3.8, 4) is 22.8 Å². The average molecular weight is 473 g/mol. The van der Waals surface area contributed by atoms with Crippen molar-refractivity contribution >= 4 is 0 Å². The molecule has 34 heavy (non-hydrogen) atoms. The number of hydrogen-bond acceptors (Lipinski definition) is 7. The van der Waals surface area contributed by atoms with Crippen LogP contribution in [0, 0.1) is 5.82 Å². The molecule has 3 heterocycles. The number of nitrogens with zero attached hydrogens (tertiary/aromatic N) is 5. The Morgan fingerprint density at radius 2 is 1.71 bits per heavy atom. The van der Waals surface area contributed by atoms with Gasteiger partial charge in [0.05, 0.1) is 18.0 Å². The van der Waals surface area contributed by atoms with Crippen molar-refractivity contribution in [2.75, 3.05) is 13.1 Å². The Kier molecular flexibility index (Phi) is 5.86. The van der Waals surface area contributed by atoms with E-state index in [9.17, 15) is 17.6 Å². The van der Waals surface area contributed by atoms with Crippen molar-refractivity contribution in [2.24, 2.45) is 0 Å². The molecule has 2 aromatic carbocycles. The number of rotatable bonds is 5. The molecule has 2 aromatic heterocycles. The molecular weight excluding hydrogens is 454 g/mol. The molecule has 0 aliphatic carbocycles. The molecule has 1 atom stereocenters. The lowest BCUT2D eigenvalue weighted by molar-refractivity contribution is -0.137. The summed E-state index contributed by atoms with van der Waals surface area (Å²) in [5.74, 6) is 1.05. The fraction of sp³-hybridized carbons (Fsp3) is 0.304. The second-order valence-electron chi connectivity index (χ2n) is 8.13. The molecule has 176 valence electrons. The molecule has 0 radical (unpaired) electrons. The van der Waals surface area contributed by atoms with Crippen LogP contribution in [0.15, 0.2) is 57.6 Å². The molecule has 1 aliphatic rings. The van der Waals surface area contributed by atoms with Gasteiger partial charge in [-0.25, -0.2) is 4.39 Å². The summed E-state index contributed by atoms with van der Waals surface area (Å²) in [5.41, 5.74) is 0.250. The molecule has 1 unspecified atom stereocenters. The Hall–Kier alpha value is -3.60.